The molecule has 8 nitrogen and oxygen atoms in total. The first kappa shape index (κ1) is 20.2. The first-order valence-corrected chi connectivity index (χ1v) is 11.1. The van der Waals surface area contributed by atoms with Crippen molar-refractivity contribution in [2.24, 2.45) is 0 Å². The van der Waals surface area contributed by atoms with E-state index in [4.69, 9.17) is 4.74 Å². The van der Waals surface area contributed by atoms with Crippen molar-refractivity contribution in [2.45, 2.75) is 26.2 Å². The summed E-state index contributed by atoms with van der Waals surface area (Å²) in [5, 5.41) is 13.6. The van der Waals surface area contributed by atoms with Crippen LogP contribution in [0.4, 0.5) is 10.8 Å². The minimum atomic E-state index is -0.237. The van der Waals surface area contributed by atoms with Crippen molar-refractivity contribution >= 4 is 44.2 Å². The molecule has 32 heavy (non-hydrogen) atoms. The van der Waals surface area contributed by atoms with Crippen LogP contribution in [0.15, 0.2) is 36.4 Å². The van der Waals surface area contributed by atoms with Gasteiger partial charge in [0.05, 0.1) is 23.0 Å². The van der Waals surface area contributed by atoms with Gasteiger partial charge in [0, 0.05) is 23.2 Å². The number of nitrogens with zero attached hydrogens (tertiary/aromatic N) is 2. The number of anilines is 2. The van der Waals surface area contributed by atoms with E-state index in [1.807, 2.05) is 30.3 Å². The average molecular weight is 448 g/mol. The molecule has 2 aromatic carbocycles. The molecule has 0 saturated carbocycles. The number of hydrogen-bond acceptors (Lipinski definition) is 6. The van der Waals surface area contributed by atoms with Gasteiger partial charge in [-0.25, -0.2) is 4.98 Å². The third-order valence-electron chi connectivity index (χ3n) is 5.52. The van der Waals surface area contributed by atoms with E-state index in [9.17, 15) is 9.59 Å². The van der Waals surface area contributed by atoms with Gasteiger partial charge in [0.25, 0.3) is 5.91 Å². The van der Waals surface area contributed by atoms with Crippen LogP contribution in [-0.2, 0) is 17.6 Å². The Labute approximate surface area is 188 Å². The number of carbonyl (C=O) groups is 2. The zero-order valence-electron chi connectivity index (χ0n) is 17.6. The average Bonchev–Trinajstić information content (AvgIpc) is 3.41. The maximum atomic E-state index is 13.0. The first-order chi connectivity index (χ1) is 15.6. The summed E-state index contributed by atoms with van der Waals surface area (Å²) in [6, 6.07) is 11.4. The summed E-state index contributed by atoms with van der Waals surface area (Å²) in [5.41, 5.74) is 5.82. The number of hydrogen-bond donors (Lipinski definition) is 3. The molecule has 0 bridgehead atoms. The van der Waals surface area contributed by atoms with Crippen molar-refractivity contribution in [3.63, 3.8) is 0 Å². The van der Waals surface area contributed by atoms with Gasteiger partial charge < -0.3 is 15.4 Å². The van der Waals surface area contributed by atoms with Crippen LogP contribution in [-0.4, -0.2) is 34.1 Å². The van der Waals surface area contributed by atoms with Crippen LogP contribution in [0.3, 0.4) is 0 Å². The number of aromatic nitrogens is 3. The van der Waals surface area contributed by atoms with Gasteiger partial charge in [0.15, 0.2) is 5.13 Å². The molecule has 0 aliphatic heterocycles. The third kappa shape index (κ3) is 3.60. The summed E-state index contributed by atoms with van der Waals surface area (Å²) in [5.74, 6) is 0.497. The summed E-state index contributed by atoms with van der Waals surface area (Å²) >= 11 is 1.37. The minimum absolute atomic E-state index is 0.0818. The van der Waals surface area contributed by atoms with Gasteiger partial charge in [-0.3, -0.25) is 14.7 Å². The van der Waals surface area contributed by atoms with Crippen LogP contribution in [0, 0.1) is 0 Å². The molecule has 0 spiro atoms. The zero-order valence-corrected chi connectivity index (χ0v) is 18.4. The fourth-order valence-corrected chi connectivity index (χ4v) is 4.79. The van der Waals surface area contributed by atoms with E-state index in [0.717, 1.165) is 51.2 Å². The van der Waals surface area contributed by atoms with Crippen LogP contribution in [0.2, 0.25) is 0 Å². The number of nitrogens with one attached hydrogen (secondary N) is 3. The minimum Gasteiger partial charge on any atom is -0.497 e. The van der Waals surface area contributed by atoms with Gasteiger partial charge in [-0.15, -0.1) is 0 Å². The van der Waals surface area contributed by atoms with E-state index in [0.29, 0.717) is 22.9 Å². The second-order valence-corrected chi connectivity index (χ2v) is 8.54. The molecule has 5 rings (SSSR count). The van der Waals surface area contributed by atoms with Crippen molar-refractivity contribution in [1.29, 1.82) is 0 Å². The molecule has 0 saturated heterocycles. The number of aryl methyl sites for hydroxylation is 1. The van der Waals surface area contributed by atoms with Crippen LogP contribution >= 0.6 is 11.3 Å². The summed E-state index contributed by atoms with van der Waals surface area (Å²) in [6.07, 6.45) is 1.94. The lowest BCUT2D eigenvalue weighted by molar-refractivity contribution is -0.115. The van der Waals surface area contributed by atoms with Gasteiger partial charge in [-0.2, -0.15) is 5.10 Å². The topological polar surface area (TPSA) is 109 Å². The Balaban J connectivity index is 1.38. The highest BCUT2D eigenvalue weighted by Gasteiger charge is 2.25. The van der Waals surface area contributed by atoms with Gasteiger partial charge in [-0.05, 0) is 54.8 Å². The summed E-state index contributed by atoms with van der Waals surface area (Å²) in [4.78, 5) is 29.0. The maximum Gasteiger partial charge on any atom is 0.273 e. The van der Waals surface area contributed by atoms with Crippen molar-refractivity contribution in [3.05, 3.63) is 53.2 Å². The molecular weight excluding hydrogens is 426 g/mol. The van der Waals surface area contributed by atoms with E-state index in [-0.39, 0.29) is 11.8 Å². The lowest BCUT2D eigenvalue weighted by atomic mass is 9.89. The fourth-order valence-electron chi connectivity index (χ4n) is 3.87. The Hall–Kier alpha value is -3.72. The van der Waals surface area contributed by atoms with E-state index in [1.54, 1.807) is 20.1 Å². The van der Waals surface area contributed by atoms with Gasteiger partial charge in [0.1, 0.15) is 11.4 Å². The predicted molar refractivity (Wildman–Crippen MR) is 124 cm³/mol. The highest BCUT2D eigenvalue weighted by Crippen LogP contribution is 2.36. The molecule has 2 amide bonds. The lowest BCUT2D eigenvalue weighted by Gasteiger charge is -2.17. The SMILES string of the molecule is CCC(=O)Nc1nc2ccc(NC(=O)c3[nH]nc4c3CCc3cc(OC)ccc3-4)cc2s1. The Bertz CT molecular complexity index is 1360. The lowest BCUT2D eigenvalue weighted by Crippen LogP contribution is -2.15. The highest BCUT2D eigenvalue weighted by atomic mass is 32.1. The number of H-pyrrole nitrogens is 1. The molecule has 2 aromatic heterocycles. The molecule has 3 N–H and O–H groups in total. The normalized spacial score (nSPS) is 12.2. The van der Waals surface area contributed by atoms with E-state index in [1.165, 1.54) is 11.3 Å². The van der Waals surface area contributed by atoms with Crippen LogP contribution in [0.5, 0.6) is 5.75 Å². The number of benzene rings is 2. The van der Waals surface area contributed by atoms with E-state index >= 15 is 0 Å². The molecule has 0 atom stereocenters. The van der Waals surface area contributed by atoms with Crippen LogP contribution in [0.1, 0.15) is 35.0 Å². The molecule has 1 aliphatic carbocycles. The molecule has 0 fully saturated rings. The van der Waals surface area contributed by atoms with Crippen molar-refractivity contribution in [2.75, 3.05) is 17.7 Å². The largest absolute Gasteiger partial charge is 0.497 e. The second-order valence-electron chi connectivity index (χ2n) is 7.51. The molecule has 1 aliphatic rings. The molecular formula is C23H21N5O3S. The monoisotopic (exact) mass is 447 g/mol. The van der Waals surface area contributed by atoms with Gasteiger partial charge in [0.2, 0.25) is 5.91 Å². The third-order valence-corrected chi connectivity index (χ3v) is 6.45. The fraction of sp³-hybridized carbons (Fsp3) is 0.217. The highest BCUT2D eigenvalue weighted by molar-refractivity contribution is 7.22. The van der Waals surface area contributed by atoms with Crippen LogP contribution < -0.4 is 15.4 Å². The quantitative estimate of drug-likeness (QED) is 0.420. The number of rotatable bonds is 5. The van der Waals surface area contributed by atoms with Gasteiger partial charge in [-0.1, -0.05) is 18.3 Å². The number of methoxy groups -OCH3 is 1. The summed E-state index contributed by atoms with van der Waals surface area (Å²) in [7, 11) is 1.65. The number of fused-ring (bicyclic) bond motifs is 4. The molecule has 0 radical (unpaired) electrons. The summed E-state index contributed by atoms with van der Waals surface area (Å²) < 4.78 is 6.20. The van der Waals surface area contributed by atoms with Crippen molar-refractivity contribution < 1.29 is 14.3 Å². The smallest absolute Gasteiger partial charge is 0.273 e. The number of amides is 2. The molecule has 0 unspecified atom stereocenters. The van der Waals surface area contributed by atoms with Gasteiger partial charge >= 0.3 is 0 Å². The van der Waals surface area contributed by atoms with E-state index in [2.05, 4.69) is 25.8 Å². The first-order valence-electron chi connectivity index (χ1n) is 10.3. The zero-order chi connectivity index (χ0) is 22.2. The van der Waals surface area contributed by atoms with Crippen molar-refractivity contribution in [1.82, 2.24) is 15.2 Å². The Morgan fingerprint density at radius 3 is 2.84 bits per heavy atom. The predicted octanol–water partition coefficient (Wildman–Crippen LogP) is 4.39. The van der Waals surface area contributed by atoms with Crippen LogP contribution in [0.25, 0.3) is 21.5 Å². The molecule has 9 heteroatoms. The molecule has 4 aromatic rings. The van der Waals surface area contributed by atoms with Crippen molar-refractivity contribution in [3.8, 4) is 17.0 Å². The molecule has 2 heterocycles. The number of thiazole rings is 1. The maximum absolute atomic E-state index is 13.0. The Kier molecular flexibility index (Phi) is 5.10. The second kappa shape index (κ2) is 8.08. The number of carbonyl (C=O) groups excluding carboxylic acids is 2. The Morgan fingerprint density at radius 1 is 1.16 bits per heavy atom. The number of aromatic amines is 1. The summed E-state index contributed by atoms with van der Waals surface area (Å²) in [6.45, 7) is 1.79. The molecule has 162 valence electrons. The number of ether oxygens (including phenoxy) is 1. The van der Waals surface area contributed by atoms with E-state index < -0.39 is 0 Å². The standard InChI is InChI=1S/C23H21N5O3S/c1-3-19(29)26-23-25-17-9-5-13(11-18(17)32-23)24-22(30)21-16-7-4-12-10-14(31-2)6-8-15(12)20(16)27-28-21/h5-6,8-11H,3-4,7H2,1-2H3,(H,24,30)(H,27,28)(H,25,26,29). The Morgan fingerprint density at radius 2 is 2.03 bits per heavy atom.